The zero-order chi connectivity index (χ0) is 13.6. The van der Waals surface area contributed by atoms with Crippen LogP contribution in [0.25, 0.3) is 5.65 Å². The van der Waals surface area contributed by atoms with Crippen LogP contribution in [0.4, 0.5) is 5.69 Å². The van der Waals surface area contributed by atoms with E-state index < -0.39 is 5.97 Å². The fourth-order valence-electron chi connectivity index (χ4n) is 2.81. The Bertz CT molecular complexity index is 654. The molecule has 0 aliphatic carbocycles. The van der Waals surface area contributed by atoms with Gasteiger partial charge in [0, 0.05) is 19.3 Å². The van der Waals surface area contributed by atoms with Crippen LogP contribution in [0.1, 0.15) is 34.6 Å². The van der Waals surface area contributed by atoms with Gasteiger partial charge in [-0.1, -0.05) is 0 Å². The summed E-state index contributed by atoms with van der Waals surface area (Å²) < 4.78 is 1.71. The Kier molecular flexibility index (Phi) is 2.69. The molecule has 0 unspecified atom stereocenters. The number of aromatic nitrogens is 2. The molecule has 0 spiro atoms. The third kappa shape index (κ3) is 1.85. The van der Waals surface area contributed by atoms with Crippen LogP contribution in [-0.4, -0.2) is 33.6 Å². The van der Waals surface area contributed by atoms with E-state index in [0.717, 1.165) is 30.0 Å². The highest BCUT2D eigenvalue weighted by Crippen LogP contribution is 2.25. The van der Waals surface area contributed by atoms with Crippen LogP contribution < -0.4 is 4.90 Å². The lowest BCUT2D eigenvalue weighted by molar-refractivity contribution is 0.0688. The smallest absolute Gasteiger partial charge is 0.354 e. The molecule has 5 nitrogen and oxygen atoms in total. The van der Waals surface area contributed by atoms with Gasteiger partial charge in [0.2, 0.25) is 0 Å². The summed E-state index contributed by atoms with van der Waals surface area (Å²) in [6, 6.07) is 2.10. The maximum absolute atomic E-state index is 11.4. The van der Waals surface area contributed by atoms with Crippen molar-refractivity contribution >= 4 is 17.3 Å². The second-order valence-corrected chi connectivity index (χ2v) is 5.12. The van der Waals surface area contributed by atoms with Gasteiger partial charge in [-0.3, -0.25) is 4.40 Å². The Labute approximate surface area is 111 Å². The van der Waals surface area contributed by atoms with Crippen LogP contribution >= 0.6 is 0 Å². The Morgan fingerprint density at radius 2 is 2.00 bits per heavy atom. The van der Waals surface area contributed by atoms with Crippen molar-refractivity contribution in [1.29, 1.82) is 0 Å². The van der Waals surface area contributed by atoms with Gasteiger partial charge in [0.25, 0.3) is 0 Å². The van der Waals surface area contributed by atoms with Gasteiger partial charge in [0.15, 0.2) is 5.69 Å². The molecule has 0 bridgehead atoms. The Morgan fingerprint density at radius 1 is 1.32 bits per heavy atom. The monoisotopic (exact) mass is 259 g/mol. The molecule has 1 fully saturated rings. The summed E-state index contributed by atoms with van der Waals surface area (Å²) in [6.07, 6.45) is 4.30. The minimum absolute atomic E-state index is 0.263. The zero-order valence-corrected chi connectivity index (χ0v) is 11.2. The third-order valence-electron chi connectivity index (χ3n) is 3.74. The lowest BCUT2D eigenvalue weighted by Crippen LogP contribution is -2.18. The van der Waals surface area contributed by atoms with Gasteiger partial charge in [-0.05, 0) is 38.3 Å². The molecule has 1 N–H and O–H groups in total. The number of fused-ring (bicyclic) bond motifs is 1. The van der Waals surface area contributed by atoms with Crippen molar-refractivity contribution in [2.75, 3.05) is 18.0 Å². The third-order valence-corrected chi connectivity index (χ3v) is 3.74. The van der Waals surface area contributed by atoms with Gasteiger partial charge in [-0.25, -0.2) is 9.78 Å². The van der Waals surface area contributed by atoms with Crippen LogP contribution in [0.15, 0.2) is 12.3 Å². The average Bonchev–Trinajstić information content (AvgIpc) is 2.95. The van der Waals surface area contributed by atoms with Crippen LogP contribution in [-0.2, 0) is 0 Å². The first-order valence-corrected chi connectivity index (χ1v) is 6.55. The van der Waals surface area contributed by atoms with Crippen molar-refractivity contribution in [3.8, 4) is 0 Å². The van der Waals surface area contributed by atoms with Gasteiger partial charge in [0.1, 0.15) is 5.65 Å². The molecule has 1 aliphatic rings. The second-order valence-electron chi connectivity index (χ2n) is 5.12. The summed E-state index contributed by atoms with van der Waals surface area (Å²) in [5.74, 6) is -0.928. The fourth-order valence-corrected chi connectivity index (χ4v) is 2.81. The molecule has 2 aromatic rings. The summed E-state index contributed by atoms with van der Waals surface area (Å²) in [5.41, 5.74) is 3.66. The molecule has 5 heteroatoms. The maximum atomic E-state index is 11.4. The minimum atomic E-state index is -0.928. The van der Waals surface area contributed by atoms with Crippen LogP contribution in [0.2, 0.25) is 0 Å². The number of hydrogen-bond acceptors (Lipinski definition) is 3. The molecule has 0 radical (unpaired) electrons. The lowest BCUT2D eigenvalue weighted by atomic mass is 10.2. The van der Waals surface area contributed by atoms with E-state index in [4.69, 9.17) is 0 Å². The number of pyridine rings is 1. The molecule has 3 rings (SSSR count). The average molecular weight is 259 g/mol. The van der Waals surface area contributed by atoms with Gasteiger partial charge < -0.3 is 10.0 Å². The van der Waals surface area contributed by atoms with E-state index >= 15 is 0 Å². The SMILES string of the molecule is Cc1nc2c(C)cc(N3CCCC3)cn2c1C(=O)O. The molecule has 100 valence electrons. The van der Waals surface area contributed by atoms with Crippen molar-refractivity contribution in [3.63, 3.8) is 0 Å². The molecule has 0 amide bonds. The van der Waals surface area contributed by atoms with E-state index in [9.17, 15) is 9.90 Å². The first-order valence-electron chi connectivity index (χ1n) is 6.55. The molecule has 0 aromatic carbocycles. The highest BCUT2D eigenvalue weighted by molar-refractivity contribution is 5.88. The highest BCUT2D eigenvalue weighted by atomic mass is 16.4. The number of imidazole rings is 1. The lowest BCUT2D eigenvalue weighted by Gasteiger charge is -2.18. The van der Waals surface area contributed by atoms with E-state index in [1.165, 1.54) is 12.8 Å². The summed E-state index contributed by atoms with van der Waals surface area (Å²) in [7, 11) is 0. The quantitative estimate of drug-likeness (QED) is 0.898. The number of aryl methyl sites for hydroxylation is 2. The molecule has 3 heterocycles. The topological polar surface area (TPSA) is 57.8 Å². The van der Waals surface area contributed by atoms with Crippen molar-refractivity contribution in [2.24, 2.45) is 0 Å². The number of anilines is 1. The van der Waals surface area contributed by atoms with E-state index in [1.807, 2.05) is 13.1 Å². The number of rotatable bonds is 2. The molecule has 0 saturated carbocycles. The maximum Gasteiger partial charge on any atom is 0.354 e. The molecular weight excluding hydrogens is 242 g/mol. The predicted octanol–water partition coefficient (Wildman–Crippen LogP) is 2.25. The van der Waals surface area contributed by atoms with Gasteiger partial charge >= 0.3 is 5.97 Å². The van der Waals surface area contributed by atoms with Crippen molar-refractivity contribution in [1.82, 2.24) is 9.38 Å². The van der Waals surface area contributed by atoms with E-state index in [-0.39, 0.29) is 5.69 Å². The Balaban J connectivity index is 2.22. The Morgan fingerprint density at radius 3 is 2.63 bits per heavy atom. The van der Waals surface area contributed by atoms with Crippen molar-refractivity contribution in [3.05, 3.63) is 29.2 Å². The molecular formula is C14H17N3O2. The molecule has 1 aliphatic heterocycles. The molecule has 2 aromatic heterocycles. The van der Waals surface area contributed by atoms with Crippen LogP contribution in [0.3, 0.4) is 0 Å². The summed E-state index contributed by atoms with van der Waals surface area (Å²) in [6.45, 7) is 5.81. The first-order chi connectivity index (χ1) is 9.08. The van der Waals surface area contributed by atoms with E-state index in [0.29, 0.717) is 5.69 Å². The van der Waals surface area contributed by atoms with Crippen LogP contribution in [0.5, 0.6) is 0 Å². The summed E-state index contributed by atoms with van der Waals surface area (Å²) >= 11 is 0. The van der Waals surface area contributed by atoms with Gasteiger partial charge in [0.05, 0.1) is 11.4 Å². The minimum Gasteiger partial charge on any atom is -0.477 e. The Hall–Kier alpha value is -2.04. The summed E-state index contributed by atoms with van der Waals surface area (Å²) in [4.78, 5) is 18.0. The van der Waals surface area contributed by atoms with Crippen LogP contribution in [0, 0.1) is 13.8 Å². The number of carboxylic acid groups (broad SMARTS) is 1. The number of carbonyl (C=O) groups is 1. The fraction of sp³-hybridized carbons (Fsp3) is 0.429. The van der Waals surface area contributed by atoms with E-state index in [1.54, 1.807) is 11.3 Å². The molecule has 1 saturated heterocycles. The molecule has 19 heavy (non-hydrogen) atoms. The number of nitrogens with zero attached hydrogens (tertiary/aromatic N) is 3. The summed E-state index contributed by atoms with van der Waals surface area (Å²) in [5, 5.41) is 9.33. The zero-order valence-electron chi connectivity index (χ0n) is 11.2. The largest absolute Gasteiger partial charge is 0.477 e. The standard InChI is InChI=1S/C14H17N3O2/c1-9-7-11(16-5-3-4-6-16)8-17-12(14(18)19)10(2)15-13(9)17/h7-8H,3-6H2,1-2H3,(H,18,19). The predicted molar refractivity (Wildman–Crippen MR) is 73.1 cm³/mol. The number of carboxylic acids is 1. The number of aromatic carboxylic acids is 1. The van der Waals surface area contributed by atoms with Crippen molar-refractivity contribution < 1.29 is 9.90 Å². The van der Waals surface area contributed by atoms with Gasteiger partial charge in [-0.2, -0.15) is 0 Å². The highest BCUT2D eigenvalue weighted by Gasteiger charge is 2.19. The first kappa shape index (κ1) is 12.0. The molecule has 0 atom stereocenters. The number of hydrogen-bond donors (Lipinski definition) is 1. The second kappa shape index (κ2) is 4.26. The van der Waals surface area contributed by atoms with Gasteiger partial charge in [-0.15, -0.1) is 0 Å². The normalized spacial score (nSPS) is 15.4. The van der Waals surface area contributed by atoms with Crippen molar-refractivity contribution in [2.45, 2.75) is 26.7 Å². The van der Waals surface area contributed by atoms with E-state index in [2.05, 4.69) is 16.0 Å².